The second-order valence-corrected chi connectivity index (χ2v) is 17.8. The summed E-state index contributed by atoms with van der Waals surface area (Å²) in [5.74, 6) is -0.180. The third-order valence-corrected chi connectivity index (χ3v) is 13.0. The van der Waals surface area contributed by atoms with Gasteiger partial charge in [0.15, 0.2) is 12.4 Å². The zero-order valence-electron chi connectivity index (χ0n) is 41.7. The van der Waals surface area contributed by atoms with Gasteiger partial charge in [0.1, 0.15) is 29.3 Å². The molecule has 2 aliphatic heterocycles. The Labute approximate surface area is 422 Å². The Hall–Kier alpha value is -7.26. The molecule has 73 heavy (non-hydrogen) atoms. The van der Waals surface area contributed by atoms with Gasteiger partial charge in [0, 0.05) is 80.1 Å². The number of nitrogens with zero attached hydrogens (tertiary/aromatic N) is 5. The molecule has 3 aromatic heterocycles. The largest absolute Gasteiger partial charge is 0.737 e. The predicted molar refractivity (Wildman–Crippen MR) is 273 cm³/mol. The van der Waals surface area contributed by atoms with E-state index in [4.69, 9.17) is 24.7 Å². The molecule has 0 unspecified atom stereocenters. The Balaban J connectivity index is 0.699. The molecule has 2 aliphatic rings. The molecule has 388 valence electrons. The summed E-state index contributed by atoms with van der Waals surface area (Å²) < 4.78 is 72.1. The number of ether oxygens (including phenoxy) is 4. The SMILES string of the molecule is COc1ccc(-c2ccc3n2[B-](F)(F)[N+]2=C(C)C(CCC(=O)NCCCCCC(=O)NCCOCCOCCNC(=O)OCCCn4c(C(=O)CF)c(-c5ccc(C)cc5)c5c(N)ncnc54)=C(C)C2=C3)cc1. The summed E-state index contributed by atoms with van der Waals surface area (Å²) in [6.45, 7) is 2.32. The predicted octanol–water partition coefficient (Wildman–Crippen LogP) is 7.42. The number of fused-ring (bicyclic) bond motifs is 3. The maximum Gasteiger partial charge on any atom is 0.737 e. The molecular formula is C52H63BF3N9O8. The number of nitrogens with two attached hydrogens (primary N) is 1. The van der Waals surface area contributed by atoms with E-state index in [-0.39, 0.29) is 62.7 Å². The second kappa shape index (κ2) is 24.9. The number of aryl methyl sites for hydroxylation is 2. The number of anilines is 1. The number of amides is 3. The molecule has 0 saturated carbocycles. The van der Waals surface area contributed by atoms with E-state index in [1.165, 1.54) is 6.33 Å². The van der Waals surface area contributed by atoms with E-state index in [2.05, 4.69) is 25.9 Å². The number of ketones is 1. The number of alkyl halides is 1. The fraction of sp³-hybridized carbons (Fsp3) is 0.404. The molecule has 0 radical (unpaired) electrons. The van der Waals surface area contributed by atoms with Gasteiger partial charge in [-0.15, -0.1) is 0 Å². The van der Waals surface area contributed by atoms with Crippen LogP contribution < -0.4 is 26.4 Å². The molecule has 5 N–H and O–H groups in total. The lowest BCUT2D eigenvalue weighted by molar-refractivity contribution is -0.362. The highest BCUT2D eigenvalue weighted by Crippen LogP contribution is 2.41. The Morgan fingerprint density at radius 2 is 1.45 bits per heavy atom. The first-order valence-electron chi connectivity index (χ1n) is 24.6. The monoisotopic (exact) mass is 1010 g/mol. The van der Waals surface area contributed by atoms with E-state index < -0.39 is 25.5 Å². The van der Waals surface area contributed by atoms with Crippen LogP contribution in [0, 0.1) is 6.92 Å². The molecule has 21 heteroatoms. The number of carbonyl (C=O) groups is 4. The van der Waals surface area contributed by atoms with Crippen molar-refractivity contribution in [1.29, 1.82) is 0 Å². The smallest absolute Gasteiger partial charge is 0.497 e. The van der Waals surface area contributed by atoms with Crippen molar-refractivity contribution in [3.05, 3.63) is 101 Å². The second-order valence-electron chi connectivity index (χ2n) is 17.8. The number of methoxy groups -OCH3 is 1. The number of benzene rings is 2. The lowest BCUT2D eigenvalue weighted by atomic mass is 9.89. The molecule has 17 nitrogen and oxygen atoms in total. The summed E-state index contributed by atoms with van der Waals surface area (Å²) in [6.07, 6.45) is 5.65. The molecule has 5 heterocycles. The molecule has 0 bridgehead atoms. The molecule has 0 aliphatic carbocycles. The first kappa shape index (κ1) is 53.5. The van der Waals surface area contributed by atoms with Gasteiger partial charge in [0.25, 0.3) is 0 Å². The van der Waals surface area contributed by atoms with Crippen molar-refractivity contribution >= 4 is 59.3 Å². The van der Waals surface area contributed by atoms with Gasteiger partial charge < -0.3 is 62.8 Å². The van der Waals surface area contributed by atoms with Crippen molar-refractivity contribution in [3.63, 3.8) is 0 Å². The minimum absolute atomic E-state index is 0.0152. The minimum Gasteiger partial charge on any atom is -0.497 e. The number of alkyl carbamates (subject to hydrolysis) is 1. The van der Waals surface area contributed by atoms with E-state index in [0.29, 0.717) is 115 Å². The number of nitrogens with one attached hydrogen (secondary N) is 3. The Kier molecular flexibility index (Phi) is 18.3. The van der Waals surface area contributed by atoms with Gasteiger partial charge in [0.2, 0.25) is 17.6 Å². The van der Waals surface area contributed by atoms with Crippen LogP contribution in [0.15, 0.2) is 83.8 Å². The van der Waals surface area contributed by atoms with Crippen molar-refractivity contribution in [2.75, 3.05) is 72.2 Å². The van der Waals surface area contributed by atoms with Crippen LogP contribution in [-0.4, -0.2) is 126 Å². The molecule has 3 amide bonds. The lowest BCUT2D eigenvalue weighted by Gasteiger charge is -2.31. The number of carbonyl (C=O) groups excluding carboxylic acids is 4. The Morgan fingerprint density at radius 1 is 0.767 bits per heavy atom. The summed E-state index contributed by atoms with van der Waals surface area (Å²) in [5, 5.41) is 8.81. The third kappa shape index (κ3) is 12.7. The van der Waals surface area contributed by atoms with Crippen molar-refractivity contribution < 1.29 is 55.6 Å². The number of unbranched alkanes of at least 4 members (excludes halogenated alkanes) is 2. The first-order chi connectivity index (χ1) is 35.2. The summed E-state index contributed by atoms with van der Waals surface area (Å²) in [4.78, 5) is 58.8. The maximum absolute atomic E-state index is 16.4. The average Bonchev–Trinajstić information content (AvgIpc) is 4.04. The molecule has 7 rings (SSSR count). The molecule has 2 aromatic carbocycles. The fourth-order valence-electron chi connectivity index (χ4n) is 9.30. The Morgan fingerprint density at radius 3 is 2.16 bits per heavy atom. The molecule has 0 atom stereocenters. The molecular weight excluding hydrogens is 946 g/mol. The maximum atomic E-state index is 16.4. The summed E-state index contributed by atoms with van der Waals surface area (Å²) in [5.41, 5.74) is 12.8. The molecule has 0 spiro atoms. The van der Waals surface area contributed by atoms with E-state index in [0.717, 1.165) is 32.1 Å². The van der Waals surface area contributed by atoms with Crippen LogP contribution in [0.25, 0.3) is 39.5 Å². The highest BCUT2D eigenvalue weighted by atomic mass is 19.2. The third-order valence-electron chi connectivity index (χ3n) is 13.0. The van der Waals surface area contributed by atoms with Crippen LogP contribution in [0.3, 0.4) is 0 Å². The molecule has 0 fully saturated rings. The molecule has 0 saturated heterocycles. The van der Waals surface area contributed by atoms with Crippen molar-refractivity contribution in [2.45, 2.75) is 72.3 Å². The summed E-state index contributed by atoms with van der Waals surface area (Å²) in [6, 6.07) is 17.9. The summed E-state index contributed by atoms with van der Waals surface area (Å²) >= 11 is 0. The van der Waals surface area contributed by atoms with Crippen LogP contribution >= 0.6 is 0 Å². The van der Waals surface area contributed by atoms with Gasteiger partial charge in [0.05, 0.1) is 51.2 Å². The van der Waals surface area contributed by atoms with Gasteiger partial charge in [-0.1, -0.05) is 36.2 Å². The number of aromatic nitrogens is 4. The highest BCUT2D eigenvalue weighted by molar-refractivity contribution is 6.58. The zero-order chi connectivity index (χ0) is 52.1. The Bertz CT molecular complexity index is 2900. The van der Waals surface area contributed by atoms with Gasteiger partial charge in [-0.05, 0) is 87.1 Å². The number of Topliss-reactive ketones (excluding diaryl/α,β-unsaturated/α-hetero) is 1. The van der Waals surface area contributed by atoms with Crippen molar-refractivity contribution in [1.82, 2.24) is 35.0 Å². The van der Waals surface area contributed by atoms with Crippen LogP contribution in [0.2, 0.25) is 0 Å². The summed E-state index contributed by atoms with van der Waals surface area (Å²) in [7, 11) is 1.56. The molecule has 5 aromatic rings. The van der Waals surface area contributed by atoms with Crippen LogP contribution in [0.4, 0.5) is 23.6 Å². The number of nitrogen functional groups attached to an aromatic ring is 1. The van der Waals surface area contributed by atoms with E-state index >= 15 is 8.63 Å². The first-order valence-corrected chi connectivity index (χ1v) is 24.6. The van der Waals surface area contributed by atoms with E-state index in [1.54, 1.807) is 61.1 Å². The number of halogens is 3. The van der Waals surface area contributed by atoms with Gasteiger partial charge >= 0.3 is 13.1 Å². The highest BCUT2D eigenvalue weighted by Gasteiger charge is 2.54. The number of hydrogen-bond acceptors (Lipinski definition) is 11. The van der Waals surface area contributed by atoms with Crippen molar-refractivity contribution in [2.24, 2.45) is 0 Å². The lowest BCUT2D eigenvalue weighted by Crippen LogP contribution is -2.50. The standard InChI is InChI=1S/C52H63BF3N9O8/c1-34-10-12-38(13-11-34)47-48-50(57)61-33-62-51(48)63(49(47)44(66)32-54)25-8-26-73-52(69)60-24-28-72-30-29-71-27-23-59-45(67)9-6-5-7-22-58-46(68)21-19-41-35(2)43-31-39-16-20-42(37-14-17-40(70-4)18-15-37)65(39)53(55,56)64(43)36(41)3/h10-18,20,31,33H,5-9,19,21-30,32H2,1-4H3,(H,58,68)(H,59,67)(H,60,69)(H2,57,61,62). The minimum atomic E-state index is -4.20. The topological polar surface area (TPSA) is 206 Å². The van der Waals surface area contributed by atoms with Crippen LogP contribution in [0.5, 0.6) is 5.75 Å². The van der Waals surface area contributed by atoms with Gasteiger partial charge in [-0.25, -0.2) is 19.2 Å². The van der Waals surface area contributed by atoms with Crippen molar-refractivity contribution in [3.8, 4) is 28.1 Å². The quantitative estimate of drug-likeness (QED) is 0.0231. The van der Waals surface area contributed by atoms with E-state index in [1.807, 2.05) is 38.1 Å². The number of hydrogen-bond donors (Lipinski definition) is 4. The van der Waals surface area contributed by atoms with E-state index in [9.17, 15) is 23.6 Å². The zero-order valence-corrected chi connectivity index (χ0v) is 41.7. The number of rotatable bonds is 27. The van der Waals surface area contributed by atoms with Gasteiger partial charge in [-0.3, -0.25) is 14.4 Å². The fourth-order valence-corrected chi connectivity index (χ4v) is 9.30. The van der Waals surface area contributed by atoms with Crippen LogP contribution in [0.1, 0.15) is 80.5 Å². The van der Waals surface area contributed by atoms with Crippen LogP contribution in [-0.2, 0) is 30.3 Å². The normalized spacial score (nSPS) is 13.7. The average molecular weight is 1010 g/mol. The number of allylic oxidation sites excluding steroid dienone is 2. The van der Waals surface area contributed by atoms with Gasteiger partial charge in [-0.2, -0.15) is 0 Å².